The molecule has 1 fully saturated rings. The maximum atomic E-state index is 11.4. The fraction of sp³-hybridized carbons (Fsp3) is 0.455. The number of carbonyl (C=O) groups excluding carboxylic acids is 1. The molecule has 1 heterocycles. The second-order valence-electron chi connectivity index (χ2n) is 3.61. The maximum Gasteiger partial charge on any atom is 0.309 e. The van der Waals surface area contributed by atoms with Crippen LogP contribution in [0.25, 0.3) is 0 Å². The van der Waals surface area contributed by atoms with Gasteiger partial charge < -0.3 is 4.74 Å². The SMILES string of the molecule is CCOC(=O)[C@H]1CC1c1ccc(Br)nc1. The van der Waals surface area contributed by atoms with Crippen LogP contribution in [0, 0.1) is 5.92 Å². The predicted molar refractivity (Wildman–Crippen MR) is 59.4 cm³/mol. The van der Waals surface area contributed by atoms with E-state index in [1.165, 1.54) is 0 Å². The van der Waals surface area contributed by atoms with E-state index in [0.717, 1.165) is 16.6 Å². The van der Waals surface area contributed by atoms with Gasteiger partial charge in [0.2, 0.25) is 0 Å². The molecular weight excluding hydrogens is 258 g/mol. The highest BCUT2D eigenvalue weighted by Crippen LogP contribution is 2.47. The molecule has 1 aromatic rings. The number of halogens is 1. The first kappa shape index (κ1) is 10.6. The lowest BCUT2D eigenvalue weighted by Crippen LogP contribution is -2.07. The van der Waals surface area contributed by atoms with Gasteiger partial charge in [0.05, 0.1) is 12.5 Å². The number of esters is 1. The number of pyridine rings is 1. The van der Waals surface area contributed by atoms with Crippen molar-refractivity contribution in [3.05, 3.63) is 28.5 Å². The lowest BCUT2D eigenvalue weighted by molar-refractivity contribution is -0.144. The Morgan fingerprint density at radius 1 is 1.67 bits per heavy atom. The van der Waals surface area contributed by atoms with Crippen molar-refractivity contribution in [1.29, 1.82) is 0 Å². The Morgan fingerprint density at radius 2 is 2.47 bits per heavy atom. The molecule has 0 spiro atoms. The van der Waals surface area contributed by atoms with Crippen LogP contribution in [0.2, 0.25) is 0 Å². The molecule has 0 saturated heterocycles. The number of nitrogens with zero attached hydrogens (tertiary/aromatic N) is 1. The Bertz CT molecular complexity index is 363. The summed E-state index contributed by atoms with van der Waals surface area (Å²) in [6, 6.07) is 3.90. The molecule has 0 aromatic carbocycles. The normalized spacial score (nSPS) is 23.6. The van der Waals surface area contributed by atoms with E-state index in [1.54, 1.807) is 0 Å². The third kappa shape index (κ3) is 2.37. The standard InChI is InChI=1S/C11H12BrNO2/c1-2-15-11(14)9-5-8(9)7-3-4-10(12)13-6-7/h3-4,6,8-9H,2,5H2,1H3/t8?,9-/m0/s1. The number of ether oxygens (including phenoxy) is 1. The minimum atomic E-state index is -0.0783. The number of hydrogen-bond acceptors (Lipinski definition) is 3. The molecule has 80 valence electrons. The number of hydrogen-bond donors (Lipinski definition) is 0. The molecule has 0 bridgehead atoms. The van der Waals surface area contributed by atoms with Gasteiger partial charge in [-0.15, -0.1) is 0 Å². The monoisotopic (exact) mass is 269 g/mol. The second kappa shape index (κ2) is 4.31. The van der Waals surface area contributed by atoms with Gasteiger partial charge in [-0.1, -0.05) is 6.07 Å². The van der Waals surface area contributed by atoms with Gasteiger partial charge in [-0.3, -0.25) is 4.79 Å². The van der Waals surface area contributed by atoms with Gasteiger partial charge in [-0.25, -0.2) is 4.98 Å². The van der Waals surface area contributed by atoms with Crippen LogP contribution in [0.3, 0.4) is 0 Å². The van der Waals surface area contributed by atoms with Crippen molar-refractivity contribution in [3.8, 4) is 0 Å². The van der Waals surface area contributed by atoms with Gasteiger partial charge in [-0.05, 0) is 46.8 Å². The van der Waals surface area contributed by atoms with E-state index in [-0.39, 0.29) is 11.9 Å². The molecule has 2 atom stereocenters. The zero-order valence-electron chi connectivity index (χ0n) is 8.44. The molecule has 0 aliphatic heterocycles. The fourth-order valence-electron chi connectivity index (χ4n) is 1.68. The Hall–Kier alpha value is -0.900. The first-order valence-corrected chi connectivity index (χ1v) is 5.79. The maximum absolute atomic E-state index is 11.4. The summed E-state index contributed by atoms with van der Waals surface area (Å²) in [7, 11) is 0. The highest BCUT2D eigenvalue weighted by atomic mass is 79.9. The van der Waals surface area contributed by atoms with Crippen LogP contribution >= 0.6 is 15.9 Å². The summed E-state index contributed by atoms with van der Waals surface area (Å²) < 4.78 is 5.79. The van der Waals surface area contributed by atoms with E-state index in [4.69, 9.17) is 4.74 Å². The van der Waals surface area contributed by atoms with Crippen LogP contribution in [0.5, 0.6) is 0 Å². The molecule has 1 unspecified atom stereocenters. The van der Waals surface area contributed by atoms with Gasteiger partial charge in [0, 0.05) is 6.20 Å². The smallest absolute Gasteiger partial charge is 0.309 e. The molecule has 0 amide bonds. The molecular formula is C11H12BrNO2. The third-order valence-corrected chi connectivity index (χ3v) is 3.03. The van der Waals surface area contributed by atoms with E-state index in [9.17, 15) is 4.79 Å². The zero-order chi connectivity index (χ0) is 10.8. The highest BCUT2D eigenvalue weighted by Gasteiger charge is 2.45. The van der Waals surface area contributed by atoms with Crippen molar-refractivity contribution in [1.82, 2.24) is 4.98 Å². The molecule has 0 radical (unpaired) electrons. The summed E-state index contributed by atoms with van der Waals surface area (Å²) in [5.41, 5.74) is 1.12. The number of carbonyl (C=O) groups is 1. The average molecular weight is 270 g/mol. The van der Waals surface area contributed by atoms with E-state index in [2.05, 4.69) is 20.9 Å². The topological polar surface area (TPSA) is 39.2 Å². The Morgan fingerprint density at radius 3 is 3.07 bits per heavy atom. The lowest BCUT2D eigenvalue weighted by Gasteiger charge is -2.01. The largest absolute Gasteiger partial charge is 0.466 e. The van der Waals surface area contributed by atoms with Crippen molar-refractivity contribution >= 4 is 21.9 Å². The fourth-order valence-corrected chi connectivity index (χ4v) is 1.91. The molecule has 1 saturated carbocycles. The summed E-state index contributed by atoms with van der Waals surface area (Å²) in [6.07, 6.45) is 2.70. The summed E-state index contributed by atoms with van der Waals surface area (Å²) in [5, 5.41) is 0. The van der Waals surface area contributed by atoms with Crippen LogP contribution in [0.4, 0.5) is 0 Å². The average Bonchev–Trinajstić information content (AvgIpc) is 2.99. The summed E-state index contributed by atoms with van der Waals surface area (Å²) in [5.74, 6) is 0.281. The van der Waals surface area contributed by atoms with Gasteiger partial charge in [0.15, 0.2) is 0 Å². The first-order chi connectivity index (χ1) is 7.22. The van der Waals surface area contributed by atoms with Gasteiger partial charge in [-0.2, -0.15) is 0 Å². The van der Waals surface area contributed by atoms with Crippen molar-refractivity contribution in [3.63, 3.8) is 0 Å². The number of aromatic nitrogens is 1. The van der Waals surface area contributed by atoms with E-state index in [0.29, 0.717) is 12.5 Å². The van der Waals surface area contributed by atoms with Crippen molar-refractivity contribution in [2.24, 2.45) is 5.92 Å². The van der Waals surface area contributed by atoms with Crippen LogP contribution in [-0.2, 0) is 9.53 Å². The molecule has 3 nitrogen and oxygen atoms in total. The van der Waals surface area contributed by atoms with Crippen LogP contribution in [0.15, 0.2) is 22.9 Å². The van der Waals surface area contributed by atoms with E-state index in [1.807, 2.05) is 25.3 Å². The molecule has 15 heavy (non-hydrogen) atoms. The molecule has 1 aliphatic carbocycles. The number of rotatable bonds is 3. The minimum absolute atomic E-state index is 0.0490. The van der Waals surface area contributed by atoms with Crippen LogP contribution < -0.4 is 0 Å². The first-order valence-electron chi connectivity index (χ1n) is 5.00. The summed E-state index contributed by atoms with van der Waals surface area (Å²) in [6.45, 7) is 2.29. The van der Waals surface area contributed by atoms with E-state index < -0.39 is 0 Å². The van der Waals surface area contributed by atoms with Crippen LogP contribution in [-0.4, -0.2) is 17.6 Å². The Kier molecular flexibility index (Phi) is 3.05. The van der Waals surface area contributed by atoms with Crippen LogP contribution in [0.1, 0.15) is 24.8 Å². The lowest BCUT2D eigenvalue weighted by atomic mass is 10.1. The minimum Gasteiger partial charge on any atom is -0.466 e. The van der Waals surface area contributed by atoms with Gasteiger partial charge in [0.1, 0.15) is 4.60 Å². The molecule has 4 heteroatoms. The summed E-state index contributed by atoms with van der Waals surface area (Å²) in [4.78, 5) is 15.5. The molecule has 1 aliphatic rings. The van der Waals surface area contributed by atoms with Gasteiger partial charge in [0.25, 0.3) is 0 Å². The van der Waals surface area contributed by atoms with Crippen molar-refractivity contribution in [2.45, 2.75) is 19.3 Å². The zero-order valence-corrected chi connectivity index (χ0v) is 10.0. The third-order valence-electron chi connectivity index (χ3n) is 2.56. The van der Waals surface area contributed by atoms with Gasteiger partial charge >= 0.3 is 5.97 Å². The molecule has 0 N–H and O–H groups in total. The predicted octanol–water partition coefficient (Wildman–Crippen LogP) is 2.51. The second-order valence-corrected chi connectivity index (χ2v) is 4.43. The van der Waals surface area contributed by atoms with E-state index >= 15 is 0 Å². The van der Waals surface area contributed by atoms with Crippen molar-refractivity contribution < 1.29 is 9.53 Å². The highest BCUT2D eigenvalue weighted by molar-refractivity contribution is 9.10. The Labute approximate surface area is 97.0 Å². The summed E-state index contributed by atoms with van der Waals surface area (Å²) >= 11 is 3.28. The Balaban J connectivity index is 1.98. The van der Waals surface area contributed by atoms with Crippen molar-refractivity contribution in [2.75, 3.05) is 6.61 Å². The molecule has 1 aromatic heterocycles. The quantitative estimate of drug-likeness (QED) is 0.625. The molecule has 2 rings (SSSR count).